The van der Waals surface area contributed by atoms with E-state index >= 15 is 0 Å². The van der Waals surface area contributed by atoms with Crippen LogP contribution < -0.4 is 0 Å². The zero-order valence-corrected chi connectivity index (χ0v) is 14.8. The van der Waals surface area contributed by atoms with Crippen molar-refractivity contribution in [2.24, 2.45) is 5.92 Å². The highest BCUT2D eigenvalue weighted by atomic mass is 79.9. The van der Waals surface area contributed by atoms with Gasteiger partial charge in [0.05, 0.1) is 13.2 Å². The van der Waals surface area contributed by atoms with E-state index in [1.165, 1.54) is 7.11 Å². The molecule has 0 aromatic heterocycles. The van der Waals surface area contributed by atoms with E-state index in [1.54, 1.807) is 0 Å². The molecule has 0 aliphatic heterocycles. The van der Waals surface area contributed by atoms with Gasteiger partial charge in [0, 0.05) is 0 Å². The normalized spacial score (nSPS) is 17.1. The summed E-state index contributed by atoms with van der Waals surface area (Å²) in [6, 6.07) is 0.862. The zero-order valence-electron chi connectivity index (χ0n) is 12.2. The summed E-state index contributed by atoms with van der Waals surface area (Å²) in [6.07, 6.45) is 1.67. The van der Waals surface area contributed by atoms with E-state index in [0.717, 1.165) is 6.04 Å². The van der Waals surface area contributed by atoms with Gasteiger partial charge in [-0.2, -0.15) is 0 Å². The molecule has 0 amide bonds. The van der Waals surface area contributed by atoms with Crippen LogP contribution in [0.1, 0.15) is 20.8 Å². The molecule has 3 nitrogen and oxygen atoms in total. The molecular formula is C13H25BrO3Si. The van der Waals surface area contributed by atoms with Gasteiger partial charge < -0.3 is 9.16 Å². The van der Waals surface area contributed by atoms with Crippen molar-refractivity contribution in [1.82, 2.24) is 0 Å². The van der Waals surface area contributed by atoms with Crippen LogP contribution in [-0.2, 0) is 14.0 Å². The molecule has 1 unspecified atom stereocenters. The second-order valence-electron chi connectivity index (χ2n) is 5.60. The first-order chi connectivity index (χ1) is 8.08. The Hall–Kier alpha value is -0.133. The van der Waals surface area contributed by atoms with Crippen molar-refractivity contribution in [1.29, 1.82) is 0 Å². The SMILES string of the molecule is C=CC[Si](C)(C)O[C@@H](C(C)C)C(C)(Br)C(=O)OC. The maximum Gasteiger partial charge on any atom is 0.324 e. The fourth-order valence-electron chi connectivity index (χ4n) is 1.93. The number of rotatable bonds is 7. The highest BCUT2D eigenvalue weighted by molar-refractivity contribution is 9.10. The van der Waals surface area contributed by atoms with E-state index in [-0.39, 0.29) is 18.0 Å². The summed E-state index contributed by atoms with van der Waals surface area (Å²) in [6.45, 7) is 13.9. The van der Waals surface area contributed by atoms with Gasteiger partial charge >= 0.3 is 5.97 Å². The molecule has 0 bridgehead atoms. The number of methoxy groups -OCH3 is 1. The van der Waals surface area contributed by atoms with Gasteiger partial charge in [-0.3, -0.25) is 4.79 Å². The van der Waals surface area contributed by atoms with Gasteiger partial charge in [-0.15, -0.1) is 6.58 Å². The number of alkyl halides is 1. The fraction of sp³-hybridized carbons (Fsp3) is 0.769. The van der Waals surface area contributed by atoms with Crippen molar-refractivity contribution in [3.63, 3.8) is 0 Å². The highest BCUT2D eigenvalue weighted by Crippen LogP contribution is 2.33. The Kier molecular flexibility index (Phi) is 6.82. The molecule has 0 aromatic carbocycles. The Morgan fingerprint density at radius 1 is 1.50 bits per heavy atom. The molecule has 0 aliphatic carbocycles. The molecular weight excluding hydrogens is 312 g/mol. The summed E-state index contributed by atoms with van der Waals surface area (Å²) in [5.74, 6) is -0.0883. The lowest BCUT2D eigenvalue weighted by Crippen LogP contribution is -2.51. The van der Waals surface area contributed by atoms with Gasteiger partial charge in [-0.05, 0) is 32.0 Å². The van der Waals surface area contributed by atoms with Crippen molar-refractivity contribution >= 4 is 30.2 Å². The number of hydrogen-bond donors (Lipinski definition) is 0. The summed E-state index contributed by atoms with van der Waals surface area (Å²) in [5, 5.41) is 0. The Balaban J connectivity index is 5.09. The quantitative estimate of drug-likeness (QED) is 0.307. The topological polar surface area (TPSA) is 35.5 Å². The molecule has 0 spiro atoms. The average Bonchev–Trinajstić information content (AvgIpc) is 2.24. The van der Waals surface area contributed by atoms with E-state index in [0.29, 0.717) is 0 Å². The lowest BCUT2D eigenvalue weighted by Gasteiger charge is -2.38. The van der Waals surface area contributed by atoms with Gasteiger partial charge in [0.25, 0.3) is 0 Å². The first-order valence-corrected chi connectivity index (χ1v) is 10.1. The van der Waals surface area contributed by atoms with Crippen LogP contribution in [0, 0.1) is 5.92 Å². The van der Waals surface area contributed by atoms with Crippen molar-refractivity contribution in [2.75, 3.05) is 7.11 Å². The minimum Gasteiger partial charge on any atom is -0.468 e. The van der Waals surface area contributed by atoms with Crippen LogP contribution in [0.4, 0.5) is 0 Å². The van der Waals surface area contributed by atoms with Crippen LogP contribution in [-0.4, -0.2) is 31.8 Å². The van der Waals surface area contributed by atoms with Crippen LogP contribution in [0.3, 0.4) is 0 Å². The Morgan fingerprint density at radius 3 is 2.33 bits per heavy atom. The molecule has 0 heterocycles. The molecule has 0 N–H and O–H groups in total. The number of allylic oxidation sites excluding steroid dienone is 1. The molecule has 0 aliphatic rings. The van der Waals surface area contributed by atoms with E-state index in [4.69, 9.17) is 9.16 Å². The Bertz CT molecular complexity index is 301. The lowest BCUT2D eigenvalue weighted by molar-refractivity contribution is -0.146. The van der Waals surface area contributed by atoms with Crippen molar-refractivity contribution in [3.05, 3.63) is 12.7 Å². The molecule has 0 aromatic rings. The van der Waals surface area contributed by atoms with E-state index < -0.39 is 12.6 Å². The molecule has 0 fully saturated rings. The number of esters is 1. The minimum atomic E-state index is -1.85. The standard InChI is InChI=1S/C13H25BrO3Si/c1-8-9-18(6,7)17-11(10(2)3)13(4,14)12(15)16-5/h8,10-11H,1,9H2,2-7H3/t11-,13?/m0/s1. The van der Waals surface area contributed by atoms with E-state index in [1.807, 2.05) is 26.8 Å². The third-order valence-electron chi connectivity index (χ3n) is 2.81. The number of ether oxygens (including phenoxy) is 1. The lowest BCUT2D eigenvalue weighted by atomic mass is 9.95. The molecule has 2 atom stereocenters. The molecule has 106 valence electrons. The average molecular weight is 337 g/mol. The predicted molar refractivity (Wildman–Crippen MR) is 81.5 cm³/mol. The first kappa shape index (κ1) is 17.9. The van der Waals surface area contributed by atoms with Crippen LogP contribution >= 0.6 is 15.9 Å². The molecule has 0 saturated carbocycles. The number of carbonyl (C=O) groups is 1. The third kappa shape index (κ3) is 4.86. The van der Waals surface area contributed by atoms with Gasteiger partial charge in [0.15, 0.2) is 8.32 Å². The minimum absolute atomic E-state index is 0.213. The molecule has 0 saturated heterocycles. The monoisotopic (exact) mass is 336 g/mol. The van der Waals surface area contributed by atoms with Crippen molar-refractivity contribution in [3.8, 4) is 0 Å². The summed E-state index contributed by atoms with van der Waals surface area (Å²) in [5.41, 5.74) is 0. The van der Waals surface area contributed by atoms with Gasteiger partial charge in [-0.1, -0.05) is 35.9 Å². The van der Waals surface area contributed by atoms with Crippen LogP contribution in [0.2, 0.25) is 19.1 Å². The fourth-order valence-corrected chi connectivity index (χ4v) is 4.87. The Morgan fingerprint density at radius 2 is 2.00 bits per heavy atom. The second kappa shape index (κ2) is 6.87. The number of halogens is 1. The maximum absolute atomic E-state index is 11.9. The maximum atomic E-state index is 11.9. The summed E-state index contributed by atoms with van der Waals surface area (Å²) >= 11 is 3.48. The van der Waals surface area contributed by atoms with E-state index in [9.17, 15) is 4.79 Å². The van der Waals surface area contributed by atoms with Crippen LogP contribution in [0.5, 0.6) is 0 Å². The van der Waals surface area contributed by atoms with Gasteiger partial charge in [0.2, 0.25) is 0 Å². The summed E-state index contributed by atoms with van der Waals surface area (Å²) in [4.78, 5) is 11.9. The summed E-state index contributed by atoms with van der Waals surface area (Å²) < 4.78 is 10.3. The largest absolute Gasteiger partial charge is 0.468 e. The Labute approximate surface area is 120 Å². The molecule has 5 heteroatoms. The first-order valence-electron chi connectivity index (χ1n) is 6.14. The molecule has 0 rings (SSSR count). The van der Waals surface area contributed by atoms with Crippen LogP contribution in [0.15, 0.2) is 12.7 Å². The van der Waals surface area contributed by atoms with E-state index in [2.05, 4.69) is 35.6 Å². The van der Waals surface area contributed by atoms with Crippen molar-refractivity contribution in [2.45, 2.75) is 50.3 Å². The summed E-state index contributed by atoms with van der Waals surface area (Å²) in [7, 11) is -0.459. The highest BCUT2D eigenvalue weighted by Gasteiger charge is 2.45. The van der Waals surface area contributed by atoms with Gasteiger partial charge in [0.1, 0.15) is 4.32 Å². The van der Waals surface area contributed by atoms with Gasteiger partial charge in [-0.25, -0.2) is 0 Å². The predicted octanol–water partition coefficient (Wildman–Crippen LogP) is 3.75. The zero-order chi connectivity index (χ0) is 14.6. The van der Waals surface area contributed by atoms with Crippen LogP contribution in [0.25, 0.3) is 0 Å². The molecule has 0 radical (unpaired) electrons. The number of carbonyl (C=O) groups excluding carboxylic acids is 1. The second-order valence-corrected chi connectivity index (χ2v) is 11.4. The number of hydrogen-bond acceptors (Lipinski definition) is 3. The third-order valence-corrected chi connectivity index (χ3v) is 5.75. The smallest absolute Gasteiger partial charge is 0.324 e. The van der Waals surface area contributed by atoms with Crippen molar-refractivity contribution < 1.29 is 14.0 Å². The molecule has 18 heavy (non-hydrogen) atoms.